The van der Waals surface area contributed by atoms with E-state index in [0.29, 0.717) is 0 Å². The van der Waals surface area contributed by atoms with Gasteiger partial charge in [0.05, 0.1) is 27.6 Å². The lowest BCUT2D eigenvalue weighted by atomic mass is 10.0. The highest BCUT2D eigenvalue weighted by molar-refractivity contribution is 6.35. The smallest absolute Gasteiger partial charge is 0.0811 e. The average molecular weight is 536 g/mol. The Balaban J connectivity index is 1.57. The van der Waals surface area contributed by atoms with Crippen molar-refractivity contribution in [1.29, 1.82) is 0 Å². The average Bonchev–Trinajstić information content (AvgIpc) is 3.60. The van der Waals surface area contributed by atoms with Crippen molar-refractivity contribution in [3.8, 4) is 22.5 Å². The molecule has 0 atom stereocenters. The van der Waals surface area contributed by atoms with E-state index in [9.17, 15) is 0 Å². The van der Waals surface area contributed by atoms with Crippen molar-refractivity contribution >= 4 is 54.5 Å². The summed E-state index contributed by atoms with van der Waals surface area (Å²) in [6.07, 6.45) is 1.92. The number of hydrogen-bond donors (Lipinski definition) is 0. The summed E-state index contributed by atoms with van der Waals surface area (Å²) in [6.45, 7) is 0. The van der Waals surface area contributed by atoms with Crippen LogP contribution in [0.5, 0.6) is 0 Å². The molecule has 3 aromatic heterocycles. The molecule has 42 heavy (non-hydrogen) atoms. The van der Waals surface area contributed by atoms with Gasteiger partial charge in [0.25, 0.3) is 0 Å². The minimum absolute atomic E-state index is 1.03. The number of hydrogen-bond acceptors (Lipinski definition) is 1. The van der Waals surface area contributed by atoms with Gasteiger partial charge in [0.2, 0.25) is 0 Å². The Kier molecular flexibility index (Phi) is 4.90. The van der Waals surface area contributed by atoms with E-state index in [-0.39, 0.29) is 0 Å². The second kappa shape index (κ2) is 8.92. The third-order valence-electron chi connectivity index (χ3n) is 8.51. The van der Waals surface area contributed by atoms with Crippen molar-refractivity contribution in [2.45, 2.75) is 0 Å². The Morgan fingerprint density at radius 1 is 0.405 bits per heavy atom. The van der Waals surface area contributed by atoms with Gasteiger partial charge < -0.3 is 9.13 Å². The first-order valence-electron chi connectivity index (χ1n) is 14.3. The van der Waals surface area contributed by atoms with E-state index in [1.54, 1.807) is 0 Å². The summed E-state index contributed by atoms with van der Waals surface area (Å²) < 4.78 is 4.89. The first-order valence-corrected chi connectivity index (χ1v) is 14.3. The van der Waals surface area contributed by atoms with Crippen molar-refractivity contribution in [2.75, 3.05) is 0 Å². The van der Waals surface area contributed by atoms with Gasteiger partial charge >= 0.3 is 0 Å². The van der Waals surface area contributed by atoms with Crippen molar-refractivity contribution in [1.82, 2.24) is 14.1 Å². The monoisotopic (exact) mass is 535 g/mol. The van der Waals surface area contributed by atoms with Gasteiger partial charge in [0, 0.05) is 44.5 Å². The molecule has 0 amide bonds. The molecule has 0 unspecified atom stereocenters. The lowest BCUT2D eigenvalue weighted by Gasteiger charge is -2.14. The van der Waals surface area contributed by atoms with Crippen LogP contribution in [-0.4, -0.2) is 14.1 Å². The van der Waals surface area contributed by atoms with E-state index >= 15 is 0 Å². The second-order valence-electron chi connectivity index (χ2n) is 10.8. The molecule has 0 bridgehead atoms. The van der Waals surface area contributed by atoms with Crippen molar-refractivity contribution in [2.24, 2.45) is 0 Å². The van der Waals surface area contributed by atoms with E-state index in [1.165, 1.54) is 60.1 Å². The SMILES string of the molecule is c1ccc(-c2cccc(-n3c4ccccc4c4c5cccnc5c5c6ccccc6n(-c6ccccc6)c5c43)c2)cc1. The number of rotatable bonds is 3. The van der Waals surface area contributed by atoms with Crippen LogP contribution >= 0.6 is 0 Å². The Labute approximate surface area is 242 Å². The van der Waals surface area contributed by atoms with Gasteiger partial charge in [-0.05, 0) is 53.6 Å². The van der Waals surface area contributed by atoms with Gasteiger partial charge in [0.1, 0.15) is 0 Å². The van der Waals surface area contributed by atoms with E-state index in [1.807, 2.05) is 6.20 Å². The number of nitrogens with zero attached hydrogens (tertiary/aromatic N) is 3. The van der Waals surface area contributed by atoms with Crippen LogP contribution in [-0.2, 0) is 0 Å². The molecule has 3 nitrogen and oxygen atoms in total. The fourth-order valence-electron chi connectivity index (χ4n) is 6.82. The van der Waals surface area contributed by atoms with E-state index in [2.05, 4.69) is 155 Å². The zero-order chi connectivity index (χ0) is 27.6. The number of aromatic nitrogens is 3. The van der Waals surface area contributed by atoms with Crippen LogP contribution in [0.15, 0.2) is 152 Å². The van der Waals surface area contributed by atoms with E-state index in [4.69, 9.17) is 4.98 Å². The molecule has 0 N–H and O–H groups in total. The molecule has 6 aromatic carbocycles. The quantitative estimate of drug-likeness (QED) is 0.221. The summed E-state index contributed by atoms with van der Waals surface area (Å²) >= 11 is 0. The van der Waals surface area contributed by atoms with Crippen LogP contribution < -0.4 is 0 Å². The lowest BCUT2D eigenvalue weighted by molar-refractivity contribution is 1.15. The predicted molar refractivity (Wildman–Crippen MR) is 176 cm³/mol. The molecule has 3 heterocycles. The highest BCUT2D eigenvalue weighted by Gasteiger charge is 2.24. The third-order valence-corrected chi connectivity index (χ3v) is 8.51. The third kappa shape index (κ3) is 3.19. The Bertz CT molecular complexity index is 2450. The molecule has 9 aromatic rings. The topological polar surface area (TPSA) is 22.8 Å². The van der Waals surface area contributed by atoms with Crippen LogP contribution in [0.25, 0.3) is 77.0 Å². The normalized spacial score (nSPS) is 11.8. The Morgan fingerprint density at radius 3 is 1.71 bits per heavy atom. The highest BCUT2D eigenvalue weighted by atomic mass is 15.0. The summed E-state index contributed by atoms with van der Waals surface area (Å²) in [5, 5.41) is 6.01. The minimum Gasteiger partial charge on any atom is -0.307 e. The van der Waals surface area contributed by atoms with Crippen LogP contribution in [0.1, 0.15) is 0 Å². The Morgan fingerprint density at radius 2 is 0.952 bits per heavy atom. The predicted octanol–water partition coefficient (Wildman–Crippen LogP) is 10.1. The van der Waals surface area contributed by atoms with Gasteiger partial charge in [-0.3, -0.25) is 4.98 Å². The zero-order valence-electron chi connectivity index (χ0n) is 22.8. The van der Waals surface area contributed by atoms with Gasteiger partial charge in [-0.25, -0.2) is 0 Å². The first kappa shape index (κ1) is 23.1. The van der Waals surface area contributed by atoms with Gasteiger partial charge in [0.15, 0.2) is 0 Å². The molecule has 0 spiro atoms. The molecule has 0 radical (unpaired) electrons. The standard InChI is InChI=1S/C39H25N3/c1-3-13-26(14-4-1)27-15-11-18-29(25-27)42-33-22-9-7-19-30(33)35-32-21-12-24-40-37(32)36-31-20-8-10-23-34(31)41(39(36)38(35)42)28-16-5-2-6-17-28/h1-25H. The largest absolute Gasteiger partial charge is 0.307 e. The van der Waals surface area contributed by atoms with E-state index < -0.39 is 0 Å². The van der Waals surface area contributed by atoms with Crippen LogP contribution in [0.2, 0.25) is 0 Å². The van der Waals surface area contributed by atoms with Crippen molar-refractivity contribution in [3.05, 3.63) is 152 Å². The number of para-hydroxylation sites is 3. The second-order valence-corrected chi connectivity index (χ2v) is 10.8. The summed E-state index contributed by atoms with van der Waals surface area (Å²) in [6, 6.07) is 52.0. The van der Waals surface area contributed by atoms with Gasteiger partial charge in [-0.1, -0.05) is 103 Å². The number of fused-ring (bicyclic) bond motifs is 10. The molecule has 0 fully saturated rings. The highest BCUT2D eigenvalue weighted by Crippen LogP contribution is 2.46. The van der Waals surface area contributed by atoms with Gasteiger partial charge in [-0.15, -0.1) is 0 Å². The molecule has 3 heteroatoms. The molecular weight excluding hydrogens is 510 g/mol. The fraction of sp³-hybridized carbons (Fsp3) is 0. The van der Waals surface area contributed by atoms with Crippen LogP contribution in [0, 0.1) is 0 Å². The first-order chi connectivity index (χ1) is 20.9. The van der Waals surface area contributed by atoms with Gasteiger partial charge in [-0.2, -0.15) is 0 Å². The minimum atomic E-state index is 1.03. The summed E-state index contributed by atoms with van der Waals surface area (Å²) in [5.41, 5.74) is 10.4. The maximum Gasteiger partial charge on any atom is 0.0811 e. The maximum atomic E-state index is 5.04. The van der Waals surface area contributed by atoms with Crippen LogP contribution in [0.3, 0.4) is 0 Å². The molecule has 9 rings (SSSR count). The Hall–Kier alpha value is -5.67. The maximum absolute atomic E-state index is 5.04. The molecule has 196 valence electrons. The number of benzene rings is 6. The molecule has 0 aliphatic carbocycles. The lowest BCUT2D eigenvalue weighted by Crippen LogP contribution is -1.99. The molecule has 0 saturated heterocycles. The molecular formula is C39H25N3. The molecule has 0 saturated carbocycles. The molecule has 0 aliphatic rings. The summed E-state index contributed by atoms with van der Waals surface area (Å²) in [5.74, 6) is 0. The van der Waals surface area contributed by atoms with Crippen molar-refractivity contribution in [3.63, 3.8) is 0 Å². The van der Waals surface area contributed by atoms with Crippen molar-refractivity contribution < 1.29 is 0 Å². The molecule has 0 aliphatic heterocycles. The summed E-state index contributed by atoms with van der Waals surface area (Å²) in [7, 11) is 0. The van der Waals surface area contributed by atoms with Crippen LogP contribution in [0.4, 0.5) is 0 Å². The van der Waals surface area contributed by atoms with E-state index in [0.717, 1.165) is 16.9 Å². The fourth-order valence-corrected chi connectivity index (χ4v) is 6.82. The number of pyridine rings is 1. The zero-order valence-corrected chi connectivity index (χ0v) is 22.8. The summed E-state index contributed by atoms with van der Waals surface area (Å²) in [4.78, 5) is 5.04.